The standard InChI is InChI=1S/C24H26F3NO5S/c1-23(2,3)20(22(30)31)28-21(29)15-9-10-17-16(11-18(32-4)34-17)19(15)33-12-13-5-7-14(8-6-13)24(25,26)27/h5-11,16-17,20H,12H2,1-4H3,(H,28,29)(H,30,31). The molecule has 1 aromatic carbocycles. The molecule has 1 aliphatic carbocycles. The van der Waals surface area contributed by atoms with Gasteiger partial charge in [-0.05, 0) is 35.3 Å². The molecule has 0 fully saturated rings. The number of thioether (sulfide) groups is 1. The fourth-order valence-corrected chi connectivity index (χ4v) is 4.71. The van der Waals surface area contributed by atoms with E-state index in [0.717, 1.165) is 12.1 Å². The number of nitrogens with one attached hydrogen (secondary N) is 1. The Kier molecular flexibility index (Phi) is 7.40. The molecule has 3 atom stereocenters. The summed E-state index contributed by atoms with van der Waals surface area (Å²) in [6.45, 7) is 5.05. The van der Waals surface area contributed by atoms with Crippen LogP contribution in [0, 0.1) is 11.3 Å². The van der Waals surface area contributed by atoms with Crippen LogP contribution in [0.1, 0.15) is 31.9 Å². The molecule has 184 valence electrons. The first-order valence-corrected chi connectivity index (χ1v) is 11.4. The summed E-state index contributed by atoms with van der Waals surface area (Å²) in [7, 11) is 1.53. The van der Waals surface area contributed by atoms with Crippen molar-refractivity contribution in [1.29, 1.82) is 0 Å². The molecule has 0 radical (unpaired) electrons. The van der Waals surface area contributed by atoms with E-state index in [1.165, 1.54) is 31.0 Å². The Hall–Kier alpha value is -2.88. The van der Waals surface area contributed by atoms with Crippen molar-refractivity contribution in [1.82, 2.24) is 5.32 Å². The number of methoxy groups -OCH3 is 1. The fourth-order valence-electron chi connectivity index (χ4n) is 3.61. The third kappa shape index (κ3) is 5.78. The maximum absolute atomic E-state index is 13.1. The minimum atomic E-state index is -4.44. The lowest BCUT2D eigenvalue weighted by Crippen LogP contribution is -2.49. The molecule has 34 heavy (non-hydrogen) atoms. The fraction of sp³-hybridized carbons (Fsp3) is 0.417. The van der Waals surface area contributed by atoms with Gasteiger partial charge in [0.25, 0.3) is 5.91 Å². The molecule has 0 aromatic heterocycles. The number of carbonyl (C=O) groups is 2. The van der Waals surface area contributed by atoms with Gasteiger partial charge in [-0.2, -0.15) is 13.2 Å². The topological polar surface area (TPSA) is 84.9 Å². The summed E-state index contributed by atoms with van der Waals surface area (Å²) in [5, 5.41) is 12.7. The summed E-state index contributed by atoms with van der Waals surface area (Å²) in [6, 6.07) is 3.44. The van der Waals surface area contributed by atoms with E-state index in [4.69, 9.17) is 9.47 Å². The Morgan fingerprint density at radius 2 is 1.82 bits per heavy atom. The lowest BCUT2D eigenvalue weighted by atomic mass is 9.86. The minimum Gasteiger partial charge on any atom is -0.492 e. The lowest BCUT2D eigenvalue weighted by Gasteiger charge is -2.30. The molecule has 1 aliphatic heterocycles. The van der Waals surface area contributed by atoms with E-state index in [-0.39, 0.29) is 23.3 Å². The number of allylic oxidation sites excluding steroid dienone is 1. The predicted molar refractivity (Wildman–Crippen MR) is 121 cm³/mol. The zero-order valence-electron chi connectivity index (χ0n) is 19.1. The molecule has 0 spiro atoms. The van der Waals surface area contributed by atoms with Gasteiger partial charge in [-0.25, -0.2) is 4.79 Å². The van der Waals surface area contributed by atoms with Gasteiger partial charge in [0, 0.05) is 5.25 Å². The van der Waals surface area contributed by atoms with Crippen molar-refractivity contribution >= 4 is 23.6 Å². The molecule has 3 rings (SSSR count). The number of carboxylic acids is 1. The number of halogens is 3. The number of carbonyl (C=O) groups excluding carboxylic acids is 1. The zero-order valence-corrected chi connectivity index (χ0v) is 19.9. The van der Waals surface area contributed by atoms with Crippen LogP contribution < -0.4 is 5.32 Å². The van der Waals surface area contributed by atoms with Crippen molar-refractivity contribution in [3.05, 3.63) is 70.0 Å². The van der Waals surface area contributed by atoms with Gasteiger partial charge in [0.05, 0.1) is 24.2 Å². The van der Waals surface area contributed by atoms with Gasteiger partial charge in [-0.1, -0.05) is 50.7 Å². The van der Waals surface area contributed by atoms with E-state index in [1.807, 2.05) is 12.2 Å². The molecular weight excluding hydrogens is 471 g/mol. The van der Waals surface area contributed by atoms with Gasteiger partial charge in [0.15, 0.2) is 0 Å². The predicted octanol–water partition coefficient (Wildman–Crippen LogP) is 4.88. The largest absolute Gasteiger partial charge is 0.492 e. The Balaban J connectivity index is 1.89. The number of rotatable bonds is 7. The average molecular weight is 498 g/mol. The molecule has 2 aliphatic rings. The number of aliphatic carboxylic acids is 1. The summed E-state index contributed by atoms with van der Waals surface area (Å²) in [5.74, 6) is -1.81. The van der Waals surface area contributed by atoms with Crippen LogP contribution in [0.25, 0.3) is 0 Å². The third-order valence-corrected chi connectivity index (χ3v) is 6.71. The van der Waals surface area contributed by atoms with Crippen molar-refractivity contribution < 1.29 is 37.3 Å². The first-order valence-electron chi connectivity index (χ1n) is 10.5. The molecule has 0 bridgehead atoms. The Bertz CT molecular complexity index is 1040. The highest BCUT2D eigenvalue weighted by Gasteiger charge is 2.39. The van der Waals surface area contributed by atoms with Gasteiger partial charge >= 0.3 is 12.1 Å². The van der Waals surface area contributed by atoms with Crippen LogP contribution in [0.2, 0.25) is 0 Å². The monoisotopic (exact) mass is 497 g/mol. The summed E-state index contributed by atoms with van der Waals surface area (Å²) < 4.78 is 49.8. The number of alkyl halides is 3. The van der Waals surface area contributed by atoms with E-state index in [2.05, 4.69) is 5.32 Å². The van der Waals surface area contributed by atoms with Crippen molar-refractivity contribution in [3.8, 4) is 0 Å². The van der Waals surface area contributed by atoms with Gasteiger partial charge in [-0.3, -0.25) is 4.79 Å². The SMILES string of the molecule is COC1=CC2C(OCc3ccc(C(F)(F)F)cc3)=C(C(=O)NC(C(=O)O)C(C)(C)C)C=CC2S1. The molecule has 6 nitrogen and oxygen atoms in total. The van der Waals surface area contributed by atoms with Crippen molar-refractivity contribution in [2.45, 2.75) is 44.8 Å². The van der Waals surface area contributed by atoms with Crippen molar-refractivity contribution in [2.75, 3.05) is 7.11 Å². The summed E-state index contributed by atoms with van der Waals surface area (Å²) in [5.41, 5.74) is -0.849. The lowest BCUT2D eigenvalue weighted by molar-refractivity contribution is -0.144. The van der Waals surface area contributed by atoms with Crippen LogP contribution in [-0.2, 0) is 31.8 Å². The molecule has 0 saturated heterocycles. The van der Waals surface area contributed by atoms with Crippen LogP contribution in [0.5, 0.6) is 0 Å². The molecule has 0 saturated carbocycles. The van der Waals surface area contributed by atoms with Crippen LogP contribution in [0.4, 0.5) is 13.2 Å². The molecule has 2 N–H and O–H groups in total. The molecule has 1 amide bonds. The number of hydrogen-bond acceptors (Lipinski definition) is 5. The highest BCUT2D eigenvalue weighted by molar-refractivity contribution is 8.03. The first-order chi connectivity index (χ1) is 15.8. The number of hydrogen-bond donors (Lipinski definition) is 2. The molecule has 3 unspecified atom stereocenters. The molecular formula is C24H26F3NO5S. The third-order valence-electron chi connectivity index (χ3n) is 5.45. The van der Waals surface area contributed by atoms with E-state index in [1.54, 1.807) is 26.8 Å². The molecule has 1 aromatic rings. The average Bonchev–Trinajstić information content (AvgIpc) is 3.18. The maximum Gasteiger partial charge on any atom is 0.416 e. The van der Waals surface area contributed by atoms with Crippen molar-refractivity contribution in [2.24, 2.45) is 11.3 Å². The number of ether oxygens (including phenoxy) is 2. The second kappa shape index (κ2) is 9.77. The van der Waals surface area contributed by atoms with Gasteiger partial charge in [-0.15, -0.1) is 0 Å². The van der Waals surface area contributed by atoms with Crippen LogP contribution in [0.15, 0.2) is 58.9 Å². The summed E-state index contributed by atoms with van der Waals surface area (Å²) in [4.78, 5) is 24.9. The quantitative estimate of drug-likeness (QED) is 0.559. The smallest absolute Gasteiger partial charge is 0.416 e. The van der Waals surface area contributed by atoms with E-state index in [0.29, 0.717) is 16.4 Å². The highest BCUT2D eigenvalue weighted by Crippen LogP contribution is 2.45. The second-order valence-electron chi connectivity index (χ2n) is 9.03. The van der Waals surface area contributed by atoms with E-state index < -0.39 is 35.1 Å². The summed E-state index contributed by atoms with van der Waals surface area (Å²) in [6.07, 6.45) is 0.779. The van der Waals surface area contributed by atoms with Gasteiger partial charge < -0.3 is 19.9 Å². The van der Waals surface area contributed by atoms with E-state index >= 15 is 0 Å². The van der Waals surface area contributed by atoms with Crippen molar-refractivity contribution in [3.63, 3.8) is 0 Å². The zero-order chi connectivity index (χ0) is 25.3. The minimum absolute atomic E-state index is 0.0657. The number of benzene rings is 1. The van der Waals surface area contributed by atoms with Crippen LogP contribution >= 0.6 is 11.8 Å². The number of fused-ring (bicyclic) bond motifs is 1. The number of carboxylic acid groups (broad SMARTS) is 1. The van der Waals surface area contributed by atoms with Crippen LogP contribution in [-0.4, -0.2) is 35.4 Å². The Labute approximate surface area is 199 Å². The highest BCUT2D eigenvalue weighted by atomic mass is 32.2. The summed E-state index contributed by atoms with van der Waals surface area (Å²) >= 11 is 1.45. The maximum atomic E-state index is 13.1. The normalized spacial score (nSPS) is 21.0. The van der Waals surface area contributed by atoms with E-state index in [9.17, 15) is 27.9 Å². The Morgan fingerprint density at radius 3 is 2.35 bits per heavy atom. The second-order valence-corrected chi connectivity index (χ2v) is 10.2. The van der Waals surface area contributed by atoms with Crippen LogP contribution in [0.3, 0.4) is 0 Å². The Morgan fingerprint density at radius 1 is 1.18 bits per heavy atom. The van der Waals surface area contributed by atoms with Gasteiger partial charge in [0.1, 0.15) is 23.5 Å². The molecule has 10 heteroatoms. The van der Waals surface area contributed by atoms with Gasteiger partial charge in [0.2, 0.25) is 0 Å². The number of amides is 1. The molecule has 1 heterocycles. The first kappa shape index (κ1) is 25.7.